The Hall–Kier alpha value is -2.73. The van der Waals surface area contributed by atoms with E-state index >= 15 is 0 Å². The summed E-state index contributed by atoms with van der Waals surface area (Å²) < 4.78 is 9.08. The molecule has 0 fully saturated rings. The second-order valence-electron chi connectivity index (χ2n) is 23.2. The van der Waals surface area contributed by atoms with Crippen LogP contribution >= 0.6 is 0 Å². The van der Waals surface area contributed by atoms with Crippen LogP contribution in [0.4, 0.5) is 0 Å². The van der Waals surface area contributed by atoms with Crippen molar-refractivity contribution in [3.63, 3.8) is 0 Å². The first kappa shape index (κ1) is 64.8. The molecule has 0 radical (unpaired) electrons. The zero-order valence-electron chi connectivity index (χ0n) is 51.6. The number of hydrogen-bond acceptors (Lipinski definition) is 1. The van der Waals surface area contributed by atoms with Crippen molar-refractivity contribution in [2.45, 2.75) is 314 Å². The van der Waals surface area contributed by atoms with Crippen LogP contribution in [-0.2, 0) is 81.2 Å². The van der Waals surface area contributed by atoms with E-state index in [4.69, 9.17) is 4.12 Å². The maximum absolute atomic E-state index is 9.08. The van der Waals surface area contributed by atoms with E-state index in [0.717, 1.165) is 0 Å². The van der Waals surface area contributed by atoms with E-state index in [1.54, 1.807) is 87.5 Å². The fourth-order valence-electron chi connectivity index (χ4n) is 12.4. The summed E-state index contributed by atoms with van der Waals surface area (Å²) in [5.41, 5.74) is 20.3. The molecule has 0 spiro atoms. The monoisotopic (exact) mass is 1050 g/mol. The topological polar surface area (TPSA) is 9.23 Å². The molecule has 3 heteroatoms. The summed E-state index contributed by atoms with van der Waals surface area (Å²) in [6.45, 7) is 28.9. The minimum atomic E-state index is -2.40. The fraction of sp³-hybridized carbons (Fsp3) is 0.667. The van der Waals surface area contributed by atoms with Gasteiger partial charge in [0.25, 0.3) is 0 Å². The third kappa shape index (κ3) is 19.3. The normalized spacial score (nSPS) is 11.8. The predicted octanol–water partition coefficient (Wildman–Crippen LogP) is 18.2. The molecule has 4 aromatic rings. The Kier molecular flexibility index (Phi) is 32.8. The van der Waals surface area contributed by atoms with Gasteiger partial charge in [0, 0.05) is 0 Å². The summed E-state index contributed by atoms with van der Waals surface area (Å²) in [7, 11) is -4.81. The molecule has 0 aliphatic carbocycles. The van der Waals surface area contributed by atoms with Crippen molar-refractivity contribution in [2.24, 2.45) is 0 Å². The summed E-state index contributed by atoms with van der Waals surface area (Å²) in [6.07, 6.45) is 44.2. The zero-order valence-corrected chi connectivity index (χ0v) is 53.9. The van der Waals surface area contributed by atoms with Crippen molar-refractivity contribution < 1.29 is 4.12 Å². The van der Waals surface area contributed by atoms with Crippen LogP contribution < -0.4 is 20.7 Å². The molecule has 75 heavy (non-hydrogen) atoms. The van der Waals surface area contributed by atoms with Gasteiger partial charge in [-0.05, 0) is 242 Å². The van der Waals surface area contributed by atoms with Crippen LogP contribution in [0.5, 0.6) is 0 Å². The minimum absolute atomic E-state index is 1.18. The molecule has 0 unspecified atom stereocenters. The van der Waals surface area contributed by atoms with Crippen LogP contribution in [-0.4, -0.2) is 18.1 Å². The van der Waals surface area contributed by atoms with Gasteiger partial charge in [-0.25, -0.2) is 0 Å². The number of benzene rings is 4. The molecule has 0 aromatic heterocycles. The molecule has 0 heterocycles. The van der Waals surface area contributed by atoms with E-state index in [-0.39, 0.29) is 0 Å². The SMILES string of the molecule is CCCCc1ccc([SiH](O[SiH](c2ccc(CCCC)c(CCCC)c2CCCC)c2ccc(CCCC)c(CCCC)c2CCCC)c2ccc(CCCC)c(CCCC)c2CCCC)c(CCCC)c1CCCC. The quantitative estimate of drug-likeness (QED) is 0.0402. The average Bonchev–Trinajstić information content (AvgIpc) is 3.43. The highest BCUT2D eigenvalue weighted by molar-refractivity contribution is 6.92. The summed E-state index contributed by atoms with van der Waals surface area (Å²) >= 11 is 0. The Morgan fingerprint density at radius 3 is 0.547 bits per heavy atom. The lowest BCUT2D eigenvalue weighted by atomic mass is 9.90. The highest BCUT2D eigenvalue weighted by Crippen LogP contribution is 2.29. The second-order valence-corrected chi connectivity index (χ2v) is 28.3. The number of aryl methyl sites for hydroxylation is 4. The van der Waals surface area contributed by atoms with Gasteiger partial charge in [0.1, 0.15) is 0 Å². The van der Waals surface area contributed by atoms with Crippen molar-refractivity contribution >= 4 is 38.8 Å². The molecule has 0 aliphatic heterocycles. The van der Waals surface area contributed by atoms with Crippen molar-refractivity contribution in [2.75, 3.05) is 0 Å². The van der Waals surface area contributed by atoms with Gasteiger partial charge < -0.3 is 4.12 Å². The van der Waals surface area contributed by atoms with Crippen LogP contribution in [0.2, 0.25) is 0 Å². The lowest BCUT2D eigenvalue weighted by Crippen LogP contribution is -2.59. The summed E-state index contributed by atoms with van der Waals surface area (Å²) in [6, 6.07) is 21.5. The molecule has 0 saturated carbocycles. The molecule has 0 N–H and O–H groups in total. The first-order valence-corrected chi connectivity index (χ1v) is 36.2. The van der Waals surface area contributed by atoms with Gasteiger partial charge in [-0.2, -0.15) is 0 Å². The number of hydrogen-bond donors (Lipinski definition) is 0. The average molecular weight is 1060 g/mol. The number of unbranched alkanes of at least 4 members (excludes halogenated alkanes) is 12. The molecule has 0 aliphatic rings. The Morgan fingerprint density at radius 1 is 0.213 bits per heavy atom. The smallest absolute Gasteiger partial charge is 0.229 e. The molecule has 0 bridgehead atoms. The molecule has 420 valence electrons. The predicted molar refractivity (Wildman–Crippen MR) is 343 cm³/mol. The number of rotatable bonds is 42. The first-order valence-electron chi connectivity index (χ1n) is 33.0. The highest BCUT2D eigenvalue weighted by Gasteiger charge is 2.35. The molecule has 0 saturated heterocycles. The lowest BCUT2D eigenvalue weighted by molar-refractivity contribution is 0.628. The molecule has 0 amide bonds. The van der Waals surface area contributed by atoms with Gasteiger partial charge in [0.05, 0.1) is 0 Å². The molecule has 4 rings (SSSR count). The van der Waals surface area contributed by atoms with Crippen LogP contribution in [0.25, 0.3) is 0 Å². The first-order chi connectivity index (χ1) is 36.8. The Labute approximate surface area is 469 Å². The van der Waals surface area contributed by atoms with Gasteiger partial charge in [-0.1, -0.05) is 209 Å². The molecule has 1 nitrogen and oxygen atoms in total. The van der Waals surface area contributed by atoms with Crippen molar-refractivity contribution in [1.29, 1.82) is 0 Å². The van der Waals surface area contributed by atoms with Crippen molar-refractivity contribution in [3.05, 3.63) is 115 Å². The van der Waals surface area contributed by atoms with E-state index < -0.39 is 18.1 Å². The zero-order chi connectivity index (χ0) is 54.2. The lowest BCUT2D eigenvalue weighted by Gasteiger charge is -2.34. The summed E-state index contributed by atoms with van der Waals surface area (Å²) in [5.74, 6) is 0. The van der Waals surface area contributed by atoms with E-state index in [2.05, 4.69) is 132 Å². The Bertz CT molecular complexity index is 1880. The summed E-state index contributed by atoms with van der Waals surface area (Å²) in [4.78, 5) is 0. The molecular formula is C72H118OSi2. The van der Waals surface area contributed by atoms with Gasteiger partial charge in [0.15, 0.2) is 0 Å². The molecular weight excluding hydrogens is 937 g/mol. The van der Waals surface area contributed by atoms with Gasteiger partial charge in [0.2, 0.25) is 18.1 Å². The van der Waals surface area contributed by atoms with Crippen molar-refractivity contribution in [3.8, 4) is 0 Å². The Morgan fingerprint density at radius 2 is 0.373 bits per heavy atom. The van der Waals surface area contributed by atoms with Gasteiger partial charge in [-0.3, -0.25) is 0 Å². The molecule has 0 atom stereocenters. The van der Waals surface area contributed by atoms with Crippen LogP contribution in [0, 0.1) is 0 Å². The highest BCUT2D eigenvalue weighted by atomic mass is 28.4. The maximum Gasteiger partial charge on any atom is 0.229 e. The third-order valence-electron chi connectivity index (χ3n) is 17.1. The van der Waals surface area contributed by atoms with E-state index in [0.29, 0.717) is 0 Å². The van der Waals surface area contributed by atoms with Crippen LogP contribution in [0.1, 0.15) is 304 Å². The third-order valence-corrected chi connectivity index (χ3v) is 23.7. The van der Waals surface area contributed by atoms with Crippen LogP contribution in [0.3, 0.4) is 0 Å². The van der Waals surface area contributed by atoms with Crippen molar-refractivity contribution in [1.82, 2.24) is 0 Å². The maximum atomic E-state index is 9.08. The minimum Gasteiger partial charge on any atom is -0.446 e. The summed E-state index contributed by atoms with van der Waals surface area (Å²) in [5, 5.41) is 6.59. The fourth-order valence-corrected chi connectivity index (χ4v) is 20.2. The second kappa shape index (κ2) is 38.0. The van der Waals surface area contributed by atoms with Gasteiger partial charge >= 0.3 is 0 Å². The Balaban J connectivity index is 2.38. The molecule has 4 aromatic carbocycles. The van der Waals surface area contributed by atoms with E-state index in [9.17, 15) is 0 Å². The van der Waals surface area contributed by atoms with Gasteiger partial charge in [-0.15, -0.1) is 0 Å². The largest absolute Gasteiger partial charge is 0.446 e. The standard InChI is InChI=1S/C72H118OSi2/c1-13-25-37-57-49-53-69(65(45-33-21-9)61(57)41-29-17-5)74(70-54-50-58(38-26-14-2)62(42-30-18-6)66(70)46-34-22-10)73-75(71-55-51-59(39-27-15-3)63(43-31-19-7)67(71)47-35-23-11)72-56-52-60(40-28-16-4)64(44-32-20-8)68(72)48-36-24-12/h49-56,74-75H,13-48H2,1-12H3. The van der Waals surface area contributed by atoms with Crippen LogP contribution in [0.15, 0.2) is 48.5 Å². The van der Waals surface area contributed by atoms with E-state index in [1.807, 2.05) is 0 Å². The van der Waals surface area contributed by atoms with E-state index in [1.165, 1.54) is 231 Å².